The van der Waals surface area contributed by atoms with Crippen LogP contribution in [-0.4, -0.2) is 69.6 Å². The lowest BCUT2D eigenvalue weighted by atomic mass is 9.91. The molecule has 16 heavy (non-hydrogen) atoms. The number of aliphatic hydroxyl groups is 3. The highest BCUT2D eigenvalue weighted by atomic mass is 16.3. The Morgan fingerprint density at radius 3 is 2.62 bits per heavy atom. The third kappa shape index (κ3) is 1.93. The van der Waals surface area contributed by atoms with Crippen molar-refractivity contribution < 1.29 is 20.1 Å². The molecule has 0 aliphatic carbocycles. The Morgan fingerprint density at radius 1 is 1.31 bits per heavy atom. The molecule has 2 aliphatic rings. The Labute approximate surface area is 93.9 Å². The van der Waals surface area contributed by atoms with Crippen molar-refractivity contribution in [3.05, 3.63) is 0 Å². The van der Waals surface area contributed by atoms with Crippen LogP contribution in [0.4, 0.5) is 0 Å². The molecular weight excluding hydrogens is 212 g/mol. The van der Waals surface area contributed by atoms with Gasteiger partial charge in [-0.3, -0.25) is 9.69 Å². The zero-order valence-electron chi connectivity index (χ0n) is 9.21. The first-order chi connectivity index (χ1) is 7.50. The molecule has 2 aliphatic heterocycles. The second-order valence-corrected chi connectivity index (χ2v) is 4.63. The van der Waals surface area contributed by atoms with Crippen LogP contribution in [0, 0.1) is 0 Å². The number of rotatable bonds is 1. The summed E-state index contributed by atoms with van der Waals surface area (Å²) >= 11 is 0. The summed E-state index contributed by atoms with van der Waals surface area (Å²) in [5, 5.41) is 32.0. The van der Waals surface area contributed by atoms with E-state index in [0.717, 1.165) is 0 Å². The summed E-state index contributed by atoms with van der Waals surface area (Å²) in [6, 6.07) is -0.867. The van der Waals surface area contributed by atoms with Crippen molar-refractivity contribution in [1.29, 1.82) is 0 Å². The smallest absolute Gasteiger partial charge is 0.217 e. The van der Waals surface area contributed by atoms with Crippen molar-refractivity contribution in [3.63, 3.8) is 0 Å². The van der Waals surface area contributed by atoms with Gasteiger partial charge in [0.2, 0.25) is 5.91 Å². The summed E-state index contributed by atoms with van der Waals surface area (Å²) in [7, 11) is 0. The average molecular weight is 230 g/mol. The highest BCUT2D eigenvalue weighted by Crippen LogP contribution is 2.28. The molecule has 5 atom stereocenters. The zero-order valence-corrected chi connectivity index (χ0v) is 9.21. The molecule has 2 fully saturated rings. The Hall–Kier alpha value is -0.690. The van der Waals surface area contributed by atoms with Crippen LogP contribution in [-0.2, 0) is 4.79 Å². The van der Waals surface area contributed by atoms with Crippen LogP contribution in [0.1, 0.15) is 13.3 Å². The number of carbonyl (C=O) groups is 1. The van der Waals surface area contributed by atoms with E-state index in [4.69, 9.17) is 0 Å². The highest BCUT2D eigenvalue weighted by molar-refractivity contribution is 5.73. The third-order valence-electron chi connectivity index (χ3n) is 3.46. The maximum absolute atomic E-state index is 10.9. The van der Waals surface area contributed by atoms with Gasteiger partial charge in [-0.15, -0.1) is 0 Å². The molecule has 2 heterocycles. The van der Waals surface area contributed by atoms with Gasteiger partial charge in [0.1, 0.15) is 6.10 Å². The lowest BCUT2D eigenvalue weighted by Crippen LogP contribution is -2.65. The van der Waals surface area contributed by atoms with Gasteiger partial charge >= 0.3 is 0 Å². The molecule has 0 bridgehead atoms. The van der Waals surface area contributed by atoms with Gasteiger partial charge in [0, 0.05) is 20.0 Å². The van der Waals surface area contributed by atoms with Crippen molar-refractivity contribution in [2.45, 2.75) is 43.7 Å². The van der Waals surface area contributed by atoms with Gasteiger partial charge in [0.15, 0.2) is 0 Å². The van der Waals surface area contributed by atoms with E-state index in [-0.39, 0.29) is 5.91 Å². The fourth-order valence-corrected chi connectivity index (χ4v) is 2.71. The van der Waals surface area contributed by atoms with Crippen LogP contribution in [0.15, 0.2) is 0 Å². The van der Waals surface area contributed by atoms with Crippen molar-refractivity contribution in [1.82, 2.24) is 10.2 Å². The van der Waals surface area contributed by atoms with E-state index in [2.05, 4.69) is 5.32 Å². The van der Waals surface area contributed by atoms with E-state index >= 15 is 0 Å². The number of amides is 1. The first-order valence-electron chi connectivity index (χ1n) is 5.56. The van der Waals surface area contributed by atoms with E-state index in [1.807, 2.05) is 4.90 Å². The SMILES string of the molecule is CC(=O)N[C@H]1CN2CC[C@H](O)[C@@H]2[C@@H](O)[C@@H]1O. The lowest BCUT2D eigenvalue weighted by Gasteiger charge is -2.42. The number of carbonyl (C=O) groups excluding carboxylic acids is 1. The van der Waals surface area contributed by atoms with Crippen LogP contribution >= 0.6 is 0 Å². The van der Waals surface area contributed by atoms with Crippen molar-refractivity contribution >= 4 is 5.91 Å². The highest BCUT2D eigenvalue weighted by Gasteiger charge is 2.48. The summed E-state index contributed by atoms with van der Waals surface area (Å²) in [5.74, 6) is -0.227. The van der Waals surface area contributed by atoms with Gasteiger partial charge in [-0.1, -0.05) is 0 Å². The fourth-order valence-electron chi connectivity index (χ4n) is 2.71. The summed E-state index contributed by atoms with van der Waals surface area (Å²) in [4.78, 5) is 12.9. The second kappa shape index (κ2) is 4.29. The standard InChI is InChI=1S/C10H18N2O4/c1-5(13)11-6-4-12-3-2-7(14)8(12)10(16)9(6)15/h6-10,14-16H,2-4H2,1H3,(H,11,13)/t6-,7-,8+,9+,10+/m0/s1. The predicted molar refractivity (Wildman–Crippen MR) is 55.6 cm³/mol. The van der Waals surface area contributed by atoms with Crippen LogP contribution < -0.4 is 5.32 Å². The Morgan fingerprint density at radius 2 is 2.00 bits per heavy atom. The molecule has 2 rings (SSSR count). The van der Waals surface area contributed by atoms with Gasteiger partial charge < -0.3 is 20.6 Å². The first-order valence-corrected chi connectivity index (χ1v) is 5.56. The minimum Gasteiger partial charge on any atom is -0.391 e. The quantitative estimate of drug-likeness (QED) is 0.405. The molecule has 6 heteroatoms. The number of piperidine rings is 1. The number of aliphatic hydroxyl groups excluding tert-OH is 3. The normalized spacial score (nSPS) is 44.1. The van der Waals surface area contributed by atoms with E-state index in [9.17, 15) is 20.1 Å². The molecule has 0 spiro atoms. The molecule has 0 saturated carbocycles. The van der Waals surface area contributed by atoms with Crippen molar-refractivity contribution in [3.8, 4) is 0 Å². The summed E-state index contributed by atoms with van der Waals surface area (Å²) in [6.45, 7) is 2.54. The van der Waals surface area contributed by atoms with Crippen LogP contribution in [0.25, 0.3) is 0 Å². The average Bonchev–Trinajstić information content (AvgIpc) is 2.55. The topological polar surface area (TPSA) is 93.0 Å². The van der Waals surface area contributed by atoms with Gasteiger partial charge in [-0.05, 0) is 6.42 Å². The summed E-state index contributed by atoms with van der Waals surface area (Å²) < 4.78 is 0. The molecule has 0 aromatic heterocycles. The second-order valence-electron chi connectivity index (χ2n) is 4.63. The van der Waals surface area contributed by atoms with Crippen LogP contribution in [0.2, 0.25) is 0 Å². The molecule has 1 amide bonds. The summed E-state index contributed by atoms with van der Waals surface area (Å²) in [5.41, 5.74) is 0. The molecule has 0 aromatic carbocycles. The van der Waals surface area contributed by atoms with Crippen LogP contribution in [0.5, 0.6) is 0 Å². The Bertz CT molecular complexity index is 286. The molecule has 0 aromatic rings. The van der Waals surface area contributed by atoms with E-state index in [1.165, 1.54) is 6.92 Å². The molecular formula is C10H18N2O4. The molecule has 6 nitrogen and oxygen atoms in total. The predicted octanol–water partition coefficient (Wildman–Crippen LogP) is -2.34. The maximum Gasteiger partial charge on any atom is 0.217 e. The summed E-state index contributed by atoms with van der Waals surface area (Å²) in [6.07, 6.45) is -2.02. The van der Waals surface area contributed by atoms with E-state index in [0.29, 0.717) is 19.5 Å². The molecule has 92 valence electrons. The third-order valence-corrected chi connectivity index (χ3v) is 3.46. The largest absolute Gasteiger partial charge is 0.391 e. The first kappa shape index (κ1) is 11.8. The molecule has 0 radical (unpaired) electrons. The van der Waals surface area contributed by atoms with E-state index < -0.39 is 30.4 Å². The van der Waals surface area contributed by atoms with Gasteiger partial charge in [-0.25, -0.2) is 0 Å². The Kier molecular flexibility index (Phi) is 3.16. The maximum atomic E-state index is 10.9. The van der Waals surface area contributed by atoms with Crippen LogP contribution in [0.3, 0.4) is 0 Å². The van der Waals surface area contributed by atoms with Gasteiger partial charge in [-0.2, -0.15) is 0 Å². The molecule has 2 saturated heterocycles. The lowest BCUT2D eigenvalue weighted by molar-refractivity contribution is -0.127. The molecule has 0 unspecified atom stereocenters. The zero-order chi connectivity index (χ0) is 11.9. The number of hydrogen-bond acceptors (Lipinski definition) is 5. The Balaban J connectivity index is 2.09. The number of nitrogens with one attached hydrogen (secondary N) is 1. The monoisotopic (exact) mass is 230 g/mol. The number of nitrogens with zero attached hydrogens (tertiary/aromatic N) is 1. The van der Waals surface area contributed by atoms with Crippen molar-refractivity contribution in [2.75, 3.05) is 13.1 Å². The number of hydrogen-bond donors (Lipinski definition) is 4. The van der Waals surface area contributed by atoms with E-state index in [1.54, 1.807) is 0 Å². The molecule has 4 N–H and O–H groups in total. The van der Waals surface area contributed by atoms with Gasteiger partial charge in [0.25, 0.3) is 0 Å². The van der Waals surface area contributed by atoms with Gasteiger partial charge in [0.05, 0.1) is 24.3 Å². The van der Waals surface area contributed by atoms with Crippen molar-refractivity contribution in [2.24, 2.45) is 0 Å². The minimum absolute atomic E-state index is 0.227. The number of fused-ring (bicyclic) bond motifs is 1. The minimum atomic E-state index is -1.02. The fraction of sp³-hybridized carbons (Fsp3) is 0.900.